The Kier molecular flexibility index (Phi) is 7.67. The molecule has 0 aromatic rings. The van der Waals surface area contributed by atoms with Gasteiger partial charge in [0.1, 0.15) is 5.60 Å². The van der Waals surface area contributed by atoms with Crippen molar-refractivity contribution in [1.29, 1.82) is 5.26 Å². The van der Waals surface area contributed by atoms with E-state index in [4.69, 9.17) is 10.00 Å². The molecule has 126 valence electrons. The van der Waals surface area contributed by atoms with E-state index in [-0.39, 0.29) is 12.1 Å². The van der Waals surface area contributed by atoms with Gasteiger partial charge in [-0.15, -0.1) is 0 Å². The average Bonchev–Trinajstić information content (AvgIpc) is 2.67. The molecule has 0 aliphatic carbocycles. The Hall–Kier alpha value is -1.28. The number of likely N-dealkylation sites (tertiary alicyclic amines) is 1. The van der Waals surface area contributed by atoms with Crippen molar-refractivity contribution in [1.82, 2.24) is 10.2 Å². The first-order valence-corrected chi connectivity index (χ1v) is 8.44. The molecular weight excluding hydrogens is 278 g/mol. The number of carbonyl (C=O) groups excluding carboxylic acids is 1. The van der Waals surface area contributed by atoms with Gasteiger partial charge in [0.2, 0.25) is 0 Å². The van der Waals surface area contributed by atoms with E-state index in [1.54, 1.807) is 0 Å². The summed E-state index contributed by atoms with van der Waals surface area (Å²) < 4.78 is 5.49. The van der Waals surface area contributed by atoms with Gasteiger partial charge in [-0.3, -0.25) is 0 Å². The fourth-order valence-electron chi connectivity index (χ4n) is 2.69. The highest BCUT2D eigenvalue weighted by atomic mass is 16.6. The fraction of sp³-hybridized carbons (Fsp3) is 0.882. The van der Waals surface area contributed by atoms with E-state index in [1.165, 1.54) is 0 Å². The quantitative estimate of drug-likeness (QED) is 0.846. The zero-order chi connectivity index (χ0) is 16.6. The Balaban J connectivity index is 2.51. The lowest BCUT2D eigenvalue weighted by molar-refractivity contribution is 0.0234. The second kappa shape index (κ2) is 8.99. The molecule has 1 amide bonds. The Morgan fingerprint density at radius 1 is 1.45 bits per heavy atom. The predicted octanol–water partition coefficient (Wildman–Crippen LogP) is 3.31. The Morgan fingerprint density at radius 2 is 2.18 bits per heavy atom. The predicted molar refractivity (Wildman–Crippen MR) is 87.5 cm³/mol. The van der Waals surface area contributed by atoms with Crippen LogP contribution in [0.4, 0.5) is 4.79 Å². The molecule has 1 heterocycles. The first-order valence-electron chi connectivity index (χ1n) is 8.44. The van der Waals surface area contributed by atoms with Crippen LogP contribution in [0, 0.1) is 17.2 Å². The maximum Gasteiger partial charge on any atom is 0.410 e. The Morgan fingerprint density at radius 3 is 2.77 bits per heavy atom. The van der Waals surface area contributed by atoms with Crippen LogP contribution in [0.3, 0.4) is 0 Å². The molecule has 1 fully saturated rings. The van der Waals surface area contributed by atoms with Gasteiger partial charge >= 0.3 is 6.09 Å². The second-order valence-corrected chi connectivity index (χ2v) is 7.16. The monoisotopic (exact) mass is 309 g/mol. The van der Waals surface area contributed by atoms with E-state index in [1.807, 2.05) is 25.7 Å². The van der Waals surface area contributed by atoms with E-state index in [9.17, 15) is 4.79 Å². The summed E-state index contributed by atoms with van der Waals surface area (Å²) in [5.41, 5.74) is -0.447. The molecule has 5 nitrogen and oxygen atoms in total. The van der Waals surface area contributed by atoms with Crippen molar-refractivity contribution in [3.05, 3.63) is 0 Å². The second-order valence-electron chi connectivity index (χ2n) is 7.16. The van der Waals surface area contributed by atoms with E-state index in [2.05, 4.69) is 18.3 Å². The van der Waals surface area contributed by atoms with E-state index >= 15 is 0 Å². The van der Waals surface area contributed by atoms with Crippen LogP contribution >= 0.6 is 0 Å². The number of nitriles is 1. The van der Waals surface area contributed by atoms with Crippen LogP contribution in [0.25, 0.3) is 0 Å². The van der Waals surface area contributed by atoms with Crippen molar-refractivity contribution in [2.45, 2.75) is 71.4 Å². The number of hydrogen-bond donors (Lipinski definition) is 1. The van der Waals surface area contributed by atoms with Crippen LogP contribution in [0.5, 0.6) is 0 Å². The van der Waals surface area contributed by atoms with Gasteiger partial charge in [-0.1, -0.05) is 13.3 Å². The maximum absolute atomic E-state index is 12.2. The zero-order valence-corrected chi connectivity index (χ0v) is 14.5. The third-order valence-electron chi connectivity index (χ3n) is 3.95. The zero-order valence-electron chi connectivity index (χ0n) is 14.5. The van der Waals surface area contributed by atoms with Crippen LogP contribution in [0.15, 0.2) is 0 Å². The lowest BCUT2D eigenvalue weighted by Gasteiger charge is -2.29. The molecule has 1 aliphatic rings. The van der Waals surface area contributed by atoms with Gasteiger partial charge in [-0.25, -0.2) is 4.79 Å². The highest BCUT2D eigenvalue weighted by Gasteiger charge is 2.26. The number of ether oxygens (including phenoxy) is 1. The van der Waals surface area contributed by atoms with Gasteiger partial charge in [0, 0.05) is 19.1 Å². The van der Waals surface area contributed by atoms with Crippen molar-refractivity contribution in [2.24, 2.45) is 5.92 Å². The van der Waals surface area contributed by atoms with Gasteiger partial charge in [0.15, 0.2) is 0 Å². The lowest BCUT2D eigenvalue weighted by Crippen LogP contribution is -2.42. The summed E-state index contributed by atoms with van der Waals surface area (Å²) in [6, 6.07) is 2.48. The third kappa shape index (κ3) is 7.13. The molecular formula is C17H31N3O2. The van der Waals surface area contributed by atoms with Crippen molar-refractivity contribution >= 4 is 6.09 Å². The van der Waals surface area contributed by atoms with Gasteiger partial charge in [0.05, 0.1) is 12.5 Å². The number of amides is 1. The SMILES string of the molecule is CC[C@H](CC#N)NC[C@H]1CCCCN(C(=O)OC(C)(C)C)C1. The summed E-state index contributed by atoms with van der Waals surface area (Å²) in [7, 11) is 0. The van der Waals surface area contributed by atoms with Crippen molar-refractivity contribution in [2.75, 3.05) is 19.6 Å². The van der Waals surface area contributed by atoms with E-state index in [0.29, 0.717) is 12.3 Å². The minimum Gasteiger partial charge on any atom is -0.444 e. The minimum absolute atomic E-state index is 0.205. The summed E-state index contributed by atoms with van der Waals surface area (Å²) in [5.74, 6) is 0.433. The van der Waals surface area contributed by atoms with Crippen LogP contribution in [0.1, 0.15) is 59.8 Å². The van der Waals surface area contributed by atoms with Crippen LogP contribution < -0.4 is 5.32 Å². The summed E-state index contributed by atoms with van der Waals surface area (Å²) in [4.78, 5) is 14.1. The van der Waals surface area contributed by atoms with Crippen molar-refractivity contribution in [3.63, 3.8) is 0 Å². The van der Waals surface area contributed by atoms with Gasteiger partial charge in [-0.2, -0.15) is 5.26 Å². The molecule has 5 heteroatoms. The fourth-order valence-corrected chi connectivity index (χ4v) is 2.69. The number of carbonyl (C=O) groups is 1. The molecule has 0 aromatic heterocycles. The molecule has 0 unspecified atom stereocenters. The molecule has 0 bridgehead atoms. The molecule has 22 heavy (non-hydrogen) atoms. The largest absolute Gasteiger partial charge is 0.444 e. The molecule has 1 aliphatic heterocycles. The highest BCUT2D eigenvalue weighted by Crippen LogP contribution is 2.19. The summed E-state index contributed by atoms with van der Waals surface area (Å²) in [5, 5.41) is 12.3. The van der Waals surface area contributed by atoms with E-state index in [0.717, 1.165) is 45.3 Å². The molecule has 1 N–H and O–H groups in total. The van der Waals surface area contributed by atoms with Crippen molar-refractivity contribution in [3.8, 4) is 6.07 Å². The third-order valence-corrected chi connectivity index (χ3v) is 3.95. The first-order chi connectivity index (χ1) is 10.4. The molecule has 2 atom stereocenters. The Bertz CT molecular complexity index is 384. The number of nitrogens with one attached hydrogen (secondary N) is 1. The smallest absolute Gasteiger partial charge is 0.410 e. The normalized spacial score (nSPS) is 20.9. The summed E-state index contributed by atoms with van der Waals surface area (Å²) in [6.45, 7) is 10.2. The number of rotatable bonds is 5. The van der Waals surface area contributed by atoms with Crippen LogP contribution in [-0.4, -0.2) is 42.3 Å². The molecule has 0 spiro atoms. The Labute approximate surface area is 135 Å². The standard InChI is InChI=1S/C17H31N3O2/c1-5-15(9-10-18)19-12-14-8-6-7-11-20(13-14)16(21)22-17(2,3)4/h14-15,19H,5-9,11-13H2,1-4H3/t14-,15-/m1/s1. The highest BCUT2D eigenvalue weighted by molar-refractivity contribution is 5.68. The summed E-state index contributed by atoms with van der Waals surface area (Å²) in [6.07, 6.45) is 4.58. The molecule has 0 aromatic carbocycles. The molecule has 0 saturated carbocycles. The average molecular weight is 309 g/mol. The van der Waals surface area contributed by atoms with E-state index < -0.39 is 5.60 Å². The van der Waals surface area contributed by atoms with Crippen LogP contribution in [-0.2, 0) is 4.74 Å². The molecule has 0 radical (unpaired) electrons. The minimum atomic E-state index is -0.447. The van der Waals surface area contributed by atoms with Gasteiger partial charge < -0.3 is 15.0 Å². The molecule has 1 rings (SSSR count). The van der Waals surface area contributed by atoms with Crippen molar-refractivity contribution < 1.29 is 9.53 Å². The first kappa shape index (κ1) is 18.8. The lowest BCUT2D eigenvalue weighted by atomic mass is 10.0. The van der Waals surface area contributed by atoms with Gasteiger partial charge in [0.25, 0.3) is 0 Å². The number of hydrogen-bond acceptors (Lipinski definition) is 4. The number of nitrogens with zero attached hydrogens (tertiary/aromatic N) is 2. The topological polar surface area (TPSA) is 65.4 Å². The van der Waals surface area contributed by atoms with Crippen LogP contribution in [0.2, 0.25) is 0 Å². The summed E-state index contributed by atoms with van der Waals surface area (Å²) >= 11 is 0. The van der Waals surface area contributed by atoms with Gasteiger partial charge in [-0.05, 0) is 52.5 Å². The maximum atomic E-state index is 12.2. The molecule has 1 saturated heterocycles.